The van der Waals surface area contributed by atoms with Gasteiger partial charge in [0, 0.05) is 13.1 Å². The number of nitrogens with zero attached hydrogens (tertiary/aromatic N) is 1. The number of benzene rings is 2. The molecule has 0 atom stereocenters. The van der Waals surface area contributed by atoms with Crippen molar-refractivity contribution in [2.75, 3.05) is 19.7 Å². The van der Waals surface area contributed by atoms with Gasteiger partial charge in [-0.2, -0.15) is 4.31 Å². The molecule has 1 aliphatic heterocycles. The number of rotatable bonds is 6. The summed E-state index contributed by atoms with van der Waals surface area (Å²) in [5, 5.41) is -0.0429. The van der Waals surface area contributed by atoms with Gasteiger partial charge in [-0.25, -0.2) is 22.0 Å². The highest BCUT2D eigenvalue weighted by atomic mass is 35.5. The van der Waals surface area contributed by atoms with Gasteiger partial charge in [-0.05, 0) is 49.2 Å². The Morgan fingerprint density at radius 2 is 1.68 bits per heavy atom. The second kappa shape index (κ2) is 9.84. The van der Waals surface area contributed by atoms with Gasteiger partial charge in [0.05, 0.1) is 16.1 Å². The van der Waals surface area contributed by atoms with Crippen LogP contribution in [0.4, 0.5) is 8.78 Å². The molecular weight excluding hydrogens is 452 g/mol. The zero-order chi connectivity index (χ0) is 22.6. The number of hydrogen-bond acceptors (Lipinski definition) is 5. The van der Waals surface area contributed by atoms with E-state index in [4.69, 9.17) is 16.3 Å². The number of carbonyl (C=O) groups is 2. The summed E-state index contributed by atoms with van der Waals surface area (Å²) in [5.41, 5.74) is -0.682. The summed E-state index contributed by atoms with van der Waals surface area (Å²) in [6, 6.07) is 5.98. The van der Waals surface area contributed by atoms with Crippen LogP contribution in [0.3, 0.4) is 0 Å². The second-order valence-electron chi connectivity index (χ2n) is 7.09. The van der Waals surface area contributed by atoms with Crippen molar-refractivity contribution in [2.45, 2.75) is 30.6 Å². The summed E-state index contributed by atoms with van der Waals surface area (Å²) in [4.78, 5) is 24.2. The first-order valence-corrected chi connectivity index (χ1v) is 11.5. The van der Waals surface area contributed by atoms with Crippen LogP contribution in [0.5, 0.6) is 0 Å². The number of esters is 1. The molecule has 0 aliphatic carbocycles. The Morgan fingerprint density at radius 1 is 1.00 bits per heavy atom. The van der Waals surface area contributed by atoms with Crippen LogP contribution in [-0.4, -0.2) is 44.2 Å². The third kappa shape index (κ3) is 5.47. The predicted molar refractivity (Wildman–Crippen MR) is 110 cm³/mol. The van der Waals surface area contributed by atoms with Crippen LogP contribution in [0.1, 0.15) is 46.4 Å². The monoisotopic (exact) mass is 471 g/mol. The molecule has 2 aromatic rings. The van der Waals surface area contributed by atoms with Gasteiger partial charge >= 0.3 is 5.97 Å². The van der Waals surface area contributed by atoms with Crippen molar-refractivity contribution in [1.82, 2.24) is 4.31 Å². The van der Waals surface area contributed by atoms with Crippen molar-refractivity contribution in [3.8, 4) is 0 Å². The van der Waals surface area contributed by atoms with Crippen molar-refractivity contribution >= 4 is 33.4 Å². The highest BCUT2D eigenvalue weighted by molar-refractivity contribution is 7.89. The largest absolute Gasteiger partial charge is 0.454 e. The summed E-state index contributed by atoms with van der Waals surface area (Å²) in [6.07, 6.45) is 3.34. The van der Waals surface area contributed by atoms with Gasteiger partial charge < -0.3 is 4.74 Å². The molecule has 3 rings (SSSR count). The molecule has 1 saturated heterocycles. The van der Waals surface area contributed by atoms with E-state index in [-0.39, 0.29) is 15.5 Å². The predicted octanol–water partition coefficient (Wildman–Crippen LogP) is 4.22. The van der Waals surface area contributed by atoms with Crippen LogP contribution in [0.15, 0.2) is 41.3 Å². The number of hydrogen-bond donors (Lipinski definition) is 0. The Balaban J connectivity index is 1.76. The average Bonchev–Trinajstić information content (AvgIpc) is 3.04. The Hall–Kier alpha value is -2.36. The normalized spacial score (nSPS) is 15.3. The van der Waals surface area contributed by atoms with E-state index in [2.05, 4.69) is 0 Å². The molecule has 1 fully saturated rings. The molecule has 0 unspecified atom stereocenters. The Bertz CT molecular complexity index is 1100. The lowest BCUT2D eigenvalue weighted by molar-refractivity contribution is 0.0473. The summed E-state index contributed by atoms with van der Waals surface area (Å²) >= 11 is 6.10. The first-order chi connectivity index (χ1) is 14.7. The zero-order valence-electron chi connectivity index (χ0n) is 16.4. The van der Waals surface area contributed by atoms with Crippen molar-refractivity contribution in [3.63, 3.8) is 0 Å². The third-order valence-corrected chi connectivity index (χ3v) is 7.29. The molecule has 0 amide bonds. The Labute approximate surface area is 183 Å². The molecule has 0 N–H and O–H groups in total. The maximum atomic E-state index is 13.7. The number of carbonyl (C=O) groups excluding carboxylic acids is 2. The van der Waals surface area contributed by atoms with Gasteiger partial charge in [0.25, 0.3) is 0 Å². The second-order valence-corrected chi connectivity index (χ2v) is 9.40. The highest BCUT2D eigenvalue weighted by Crippen LogP contribution is 2.28. The molecule has 1 aliphatic rings. The third-order valence-electron chi connectivity index (χ3n) is 4.91. The molecule has 2 aromatic carbocycles. The molecule has 10 heteroatoms. The molecule has 0 aromatic heterocycles. The Kier molecular flexibility index (Phi) is 7.40. The van der Waals surface area contributed by atoms with Crippen LogP contribution < -0.4 is 0 Å². The minimum atomic E-state index is -3.92. The van der Waals surface area contributed by atoms with Crippen molar-refractivity contribution < 1.29 is 31.5 Å². The molecule has 0 spiro atoms. The first kappa shape index (κ1) is 23.3. The maximum Gasteiger partial charge on any atom is 0.338 e. The van der Waals surface area contributed by atoms with Gasteiger partial charge in [-0.1, -0.05) is 24.4 Å². The summed E-state index contributed by atoms with van der Waals surface area (Å²) in [7, 11) is -3.92. The maximum absolute atomic E-state index is 13.7. The van der Waals surface area contributed by atoms with E-state index in [1.165, 1.54) is 16.4 Å². The van der Waals surface area contributed by atoms with E-state index < -0.39 is 45.6 Å². The molecule has 1 heterocycles. The topological polar surface area (TPSA) is 80.8 Å². The van der Waals surface area contributed by atoms with E-state index in [0.717, 1.165) is 43.9 Å². The lowest BCUT2D eigenvalue weighted by Gasteiger charge is -2.21. The number of ketones is 1. The minimum absolute atomic E-state index is 0.0429. The highest BCUT2D eigenvalue weighted by Gasteiger charge is 2.28. The van der Waals surface area contributed by atoms with Gasteiger partial charge in [0.1, 0.15) is 16.5 Å². The quantitative estimate of drug-likeness (QED) is 0.465. The van der Waals surface area contributed by atoms with Crippen LogP contribution in [0.25, 0.3) is 0 Å². The van der Waals surface area contributed by atoms with Crippen LogP contribution >= 0.6 is 11.6 Å². The van der Waals surface area contributed by atoms with E-state index >= 15 is 0 Å². The molecule has 31 heavy (non-hydrogen) atoms. The summed E-state index contributed by atoms with van der Waals surface area (Å²) < 4.78 is 59.2. The standard InChI is InChI=1S/C21H20ClF2NO5S/c22-17-7-5-14(11-20(17)31(28,29)25-9-3-1-2-4-10-25)21(27)30-13-19(26)16-12-15(23)6-8-18(16)24/h5-8,11-12H,1-4,9-10,13H2. The smallest absolute Gasteiger partial charge is 0.338 e. The van der Waals surface area contributed by atoms with E-state index in [0.29, 0.717) is 19.2 Å². The van der Waals surface area contributed by atoms with E-state index in [9.17, 15) is 26.8 Å². The number of halogens is 3. The van der Waals surface area contributed by atoms with Gasteiger partial charge in [-0.3, -0.25) is 4.79 Å². The average molecular weight is 472 g/mol. The summed E-state index contributed by atoms with van der Waals surface area (Å²) in [6.45, 7) is -0.113. The molecule has 0 bridgehead atoms. The zero-order valence-corrected chi connectivity index (χ0v) is 18.0. The SMILES string of the molecule is O=C(OCC(=O)c1cc(F)ccc1F)c1ccc(Cl)c(S(=O)(=O)N2CCCCCC2)c1. The first-order valence-electron chi connectivity index (χ1n) is 9.65. The van der Waals surface area contributed by atoms with Crippen molar-refractivity contribution in [2.24, 2.45) is 0 Å². The van der Waals surface area contributed by atoms with Gasteiger partial charge in [0.2, 0.25) is 15.8 Å². The lowest BCUT2D eigenvalue weighted by atomic mass is 10.1. The Morgan fingerprint density at radius 3 is 2.35 bits per heavy atom. The number of ether oxygens (including phenoxy) is 1. The number of sulfonamides is 1. The van der Waals surface area contributed by atoms with Gasteiger partial charge in [0.15, 0.2) is 6.61 Å². The molecule has 0 saturated carbocycles. The summed E-state index contributed by atoms with van der Waals surface area (Å²) in [5.74, 6) is -3.68. The fourth-order valence-corrected chi connectivity index (χ4v) is 5.27. The van der Waals surface area contributed by atoms with E-state index in [1.54, 1.807) is 0 Å². The molecule has 166 valence electrons. The molecular formula is C21H20ClF2NO5S. The van der Waals surface area contributed by atoms with Crippen LogP contribution in [-0.2, 0) is 14.8 Å². The van der Waals surface area contributed by atoms with Crippen molar-refractivity contribution in [3.05, 3.63) is 64.2 Å². The van der Waals surface area contributed by atoms with Crippen molar-refractivity contribution in [1.29, 1.82) is 0 Å². The number of Topliss-reactive ketones (excluding diaryl/α,β-unsaturated/α-hetero) is 1. The fourth-order valence-electron chi connectivity index (χ4n) is 3.25. The molecule has 0 radical (unpaired) electrons. The lowest BCUT2D eigenvalue weighted by Crippen LogP contribution is -2.32. The van der Waals surface area contributed by atoms with Crippen LogP contribution in [0.2, 0.25) is 5.02 Å². The van der Waals surface area contributed by atoms with Gasteiger partial charge in [-0.15, -0.1) is 0 Å². The molecule has 6 nitrogen and oxygen atoms in total. The fraction of sp³-hybridized carbons (Fsp3) is 0.333. The van der Waals surface area contributed by atoms with Crippen LogP contribution in [0, 0.1) is 11.6 Å². The minimum Gasteiger partial charge on any atom is -0.454 e. The van der Waals surface area contributed by atoms with E-state index in [1.807, 2.05) is 0 Å².